The van der Waals surface area contributed by atoms with Crippen molar-refractivity contribution in [2.24, 2.45) is 0 Å². The van der Waals surface area contributed by atoms with Crippen LogP contribution in [0.3, 0.4) is 0 Å². The van der Waals surface area contributed by atoms with Crippen molar-refractivity contribution in [3.63, 3.8) is 0 Å². The Kier molecular flexibility index (Phi) is 6.39. The third-order valence-electron chi connectivity index (χ3n) is 3.48. The Bertz CT molecular complexity index is 930. The lowest BCUT2D eigenvalue weighted by atomic mass is 10.2. The normalized spacial score (nSPS) is 11.1. The van der Waals surface area contributed by atoms with Crippen LogP contribution in [0.15, 0.2) is 41.3 Å². The summed E-state index contributed by atoms with van der Waals surface area (Å²) in [5.74, 6) is 0.246. The lowest BCUT2D eigenvalue weighted by Gasteiger charge is -2.14. The first-order chi connectivity index (χ1) is 12.1. The number of carbonyl (C=O) groups excluding carboxylic acids is 1. The van der Waals surface area contributed by atoms with Crippen LogP contribution >= 0.6 is 23.2 Å². The van der Waals surface area contributed by atoms with Crippen molar-refractivity contribution in [1.82, 2.24) is 4.90 Å². The molecule has 2 aromatic carbocycles. The van der Waals surface area contributed by atoms with E-state index < -0.39 is 10.0 Å². The number of hydrogen-bond donors (Lipinski definition) is 1. The van der Waals surface area contributed by atoms with Gasteiger partial charge in [0.2, 0.25) is 0 Å². The Morgan fingerprint density at radius 3 is 2.38 bits per heavy atom. The predicted molar refractivity (Wildman–Crippen MR) is 103 cm³/mol. The second kappa shape index (κ2) is 8.16. The standard InChI is InChI=1S/C17H18Cl2N2O4S/c1-11-8-13(5-7-16(11)25-10-17(22)21(2)3)26(23,24)20-12-4-6-14(18)15(19)9-12/h4-9,20H,10H2,1-3H3. The van der Waals surface area contributed by atoms with Gasteiger partial charge in [0.1, 0.15) is 5.75 Å². The molecule has 6 nitrogen and oxygen atoms in total. The molecule has 9 heteroatoms. The number of halogens is 2. The minimum Gasteiger partial charge on any atom is -0.483 e. The maximum atomic E-state index is 12.5. The van der Waals surface area contributed by atoms with Crippen molar-refractivity contribution in [2.75, 3.05) is 25.4 Å². The molecule has 2 rings (SSSR count). The van der Waals surface area contributed by atoms with E-state index >= 15 is 0 Å². The van der Waals surface area contributed by atoms with Crippen molar-refractivity contribution in [2.45, 2.75) is 11.8 Å². The summed E-state index contributed by atoms with van der Waals surface area (Å²) in [6.07, 6.45) is 0. The predicted octanol–water partition coefficient (Wildman–Crippen LogP) is 3.57. The molecule has 0 atom stereocenters. The van der Waals surface area contributed by atoms with Crippen molar-refractivity contribution in [3.05, 3.63) is 52.0 Å². The van der Waals surface area contributed by atoms with E-state index in [1.165, 1.54) is 41.3 Å². The Morgan fingerprint density at radius 1 is 1.12 bits per heavy atom. The molecule has 1 amide bonds. The fourth-order valence-electron chi connectivity index (χ4n) is 1.99. The van der Waals surface area contributed by atoms with Gasteiger partial charge >= 0.3 is 0 Å². The second-order valence-corrected chi connectivity index (χ2v) is 8.24. The van der Waals surface area contributed by atoms with Gasteiger partial charge in [0.05, 0.1) is 20.6 Å². The van der Waals surface area contributed by atoms with Gasteiger partial charge in [-0.2, -0.15) is 0 Å². The highest BCUT2D eigenvalue weighted by Crippen LogP contribution is 2.27. The van der Waals surface area contributed by atoms with E-state index in [-0.39, 0.29) is 22.4 Å². The van der Waals surface area contributed by atoms with Gasteiger partial charge in [0.25, 0.3) is 15.9 Å². The van der Waals surface area contributed by atoms with E-state index in [1.807, 2.05) is 0 Å². The molecule has 140 valence electrons. The molecule has 0 heterocycles. The Labute approximate surface area is 162 Å². The first-order valence-electron chi connectivity index (χ1n) is 7.51. The second-order valence-electron chi connectivity index (χ2n) is 5.74. The van der Waals surface area contributed by atoms with Crippen molar-refractivity contribution < 1.29 is 17.9 Å². The number of carbonyl (C=O) groups is 1. The quantitative estimate of drug-likeness (QED) is 0.780. The Balaban J connectivity index is 2.18. The number of likely N-dealkylation sites (N-methyl/N-ethyl adjacent to an activating group) is 1. The van der Waals surface area contributed by atoms with Gasteiger partial charge < -0.3 is 9.64 Å². The van der Waals surface area contributed by atoms with Gasteiger partial charge in [0, 0.05) is 14.1 Å². The van der Waals surface area contributed by atoms with Crippen LogP contribution in [0.5, 0.6) is 5.75 Å². The highest BCUT2D eigenvalue weighted by atomic mass is 35.5. The number of nitrogens with zero attached hydrogens (tertiary/aromatic N) is 1. The minimum absolute atomic E-state index is 0.0624. The summed E-state index contributed by atoms with van der Waals surface area (Å²) < 4.78 is 32.9. The third kappa shape index (κ3) is 5.03. The highest BCUT2D eigenvalue weighted by Gasteiger charge is 2.17. The molecule has 0 aliphatic rings. The molecule has 1 N–H and O–H groups in total. The van der Waals surface area contributed by atoms with Crippen LogP contribution in [0, 0.1) is 6.92 Å². The van der Waals surface area contributed by atoms with Crippen LogP contribution < -0.4 is 9.46 Å². The number of ether oxygens (including phenoxy) is 1. The average Bonchev–Trinajstić information content (AvgIpc) is 2.56. The molecule has 26 heavy (non-hydrogen) atoms. The number of sulfonamides is 1. The van der Waals surface area contributed by atoms with Gasteiger partial charge in [-0.1, -0.05) is 23.2 Å². The Hall–Kier alpha value is -1.96. The monoisotopic (exact) mass is 416 g/mol. The van der Waals surface area contributed by atoms with E-state index in [0.717, 1.165) is 0 Å². The van der Waals surface area contributed by atoms with E-state index in [9.17, 15) is 13.2 Å². The number of rotatable bonds is 6. The van der Waals surface area contributed by atoms with E-state index in [4.69, 9.17) is 27.9 Å². The molecule has 0 aromatic heterocycles. The van der Waals surface area contributed by atoms with Crippen LogP contribution in [-0.2, 0) is 14.8 Å². The summed E-state index contributed by atoms with van der Waals surface area (Å²) in [4.78, 5) is 13.1. The Morgan fingerprint density at radius 2 is 1.81 bits per heavy atom. The fourth-order valence-corrected chi connectivity index (χ4v) is 3.43. The maximum absolute atomic E-state index is 12.5. The van der Waals surface area contributed by atoms with Crippen LogP contribution in [0.4, 0.5) is 5.69 Å². The zero-order valence-corrected chi connectivity index (χ0v) is 16.7. The molecule has 0 saturated heterocycles. The van der Waals surface area contributed by atoms with Gasteiger partial charge in [-0.3, -0.25) is 9.52 Å². The van der Waals surface area contributed by atoms with Gasteiger partial charge in [-0.15, -0.1) is 0 Å². The van der Waals surface area contributed by atoms with Crippen LogP contribution in [0.2, 0.25) is 10.0 Å². The van der Waals surface area contributed by atoms with Crippen LogP contribution in [0.1, 0.15) is 5.56 Å². The average molecular weight is 417 g/mol. The summed E-state index contributed by atoms with van der Waals surface area (Å²) in [6.45, 7) is 1.58. The lowest BCUT2D eigenvalue weighted by Crippen LogP contribution is -2.27. The van der Waals surface area contributed by atoms with Crippen LogP contribution in [-0.4, -0.2) is 39.9 Å². The summed E-state index contributed by atoms with van der Waals surface area (Å²) in [5.41, 5.74) is 0.891. The molecule has 0 aliphatic carbocycles. The fraction of sp³-hybridized carbons (Fsp3) is 0.235. The van der Waals surface area contributed by atoms with Gasteiger partial charge in [0.15, 0.2) is 6.61 Å². The molecule has 2 aromatic rings. The molecule has 0 radical (unpaired) electrons. The van der Waals surface area contributed by atoms with E-state index in [2.05, 4.69) is 4.72 Å². The molecule has 0 fully saturated rings. The minimum atomic E-state index is -3.81. The van der Waals surface area contributed by atoms with E-state index in [1.54, 1.807) is 21.0 Å². The summed E-state index contributed by atoms with van der Waals surface area (Å²) in [5, 5.41) is 0.580. The molecule has 0 aliphatic heterocycles. The zero-order valence-electron chi connectivity index (χ0n) is 14.4. The summed E-state index contributed by atoms with van der Waals surface area (Å²) in [6, 6.07) is 8.84. The number of nitrogens with one attached hydrogen (secondary N) is 1. The first kappa shape index (κ1) is 20.4. The van der Waals surface area contributed by atoms with Gasteiger partial charge in [-0.05, 0) is 48.9 Å². The third-order valence-corrected chi connectivity index (χ3v) is 5.60. The van der Waals surface area contributed by atoms with E-state index in [0.29, 0.717) is 22.0 Å². The number of hydrogen-bond acceptors (Lipinski definition) is 4. The molecule has 0 saturated carbocycles. The van der Waals surface area contributed by atoms with Crippen LogP contribution in [0.25, 0.3) is 0 Å². The molecular weight excluding hydrogens is 399 g/mol. The van der Waals surface area contributed by atoms with Crippen molar-refractivity contribution >= 4 is 44.8 Å². The smallest absolute Gasteiger partial charge is 0.261 e. The summed E-state index contributed by atoms with van der Waals surface area (Å²) in [7, 11) is -0.554. The summed E-state index contributed by atoms with van der Waals surface area (Å²) >= 11 is 11.7. The van der Waals surface area contributed by atoms with Crippen molar-refractivity contribution in [3.8, 4) is 5.75 Å². The molecule has 0 unspecified atom stereocenters. The number of aryl methyl sites for hydroxylation is 1. The molecular formula is C17H18Cl2N2O4S. The number of anilines is 1. The molecule has 0 spiro atoms. The number of benzene rings is 2. The SMILES string of the molecule is Cc1cc(S(=O)(=O)Nc2ccc(Cl)c(Cl)c2)ccc1OCC(=O)N(C)C. The molecule has 0 bridgehead atoms. The number of amides is 1. The largest absolute Gasteiger partial charge is 0.483 e. The van der Waals surface area contributed by atoms with Crippen molar-refractivity contribution in [1.29, 1.82) is 0 Å². The maximum Gasteiger partial charge on any atom is 0.261 e. The highest BCUT2D eigenvalue weighted by molar-refractivity contribution is 7.92. The topological polar surface area (TPSA) is 75.7 Å². The lowest BCUT2D eigenvalue weighted by molar-refractivity contribution is -0.130. The van der Waals surface area contributed by atoms with Gasteiger partial charge in [-0.25, -0.2) is 8.42 Å². The zero-order chi connectivity index (χ0) is 19.5. The first-order valence-corrected chi connectivity index (χ1v) is 9.75.